The summed E-state index contributed by atoms with van der Waals surface area (Å²) in [5.41, 5.74) is 0.0300. The standard InChI is InChI=1S/C16H22N2O3/c1-5-12-14(19)17-16(2,3)15(20)18(12)10-11-8-6-7-9-13(11)21-4/h6-9,12H,5,10H2,1-4H3,(H,17,19). The summed E-state index contributed by atoms with van der Waals surface area (Å²) in [6.45, 7) is 5.74. The molecular weight excluding hydrogens is 268 g/mol. The molecule has 114 valence electrons. The van der Waals surface area contributed by atoms with Crippen molar-refractivity contribution in [2.45, 2.75) is 45.3 Å². The number of nitrogens with one attached hydrogen (secondary N) is 1. The minimum atomic E-state index is -0.870. The average molecular weight is 290 g/mol. The van der Waals surface area contributed by atoms with Crippen molar-refractivity contribution in [2.75, 3.05) is 7.11 Å². The van der Waals surface area contributed by atoms with Gasteiger partial charge in [-0.25, -0.2) is 0 Å². The Morgan fingerprint density at radius 2 is 1.95 bits per heavy atom. The molecule has 0 spiro atoms. The molecule has 0 saturated carbocycles. The van der Waals surface area contributed by atoms with Gasteiger partial charge >= 0.3 is 0 Å². The van der Waals surface area contributed by atoms with Crippen LogP contribution in [0.2, 0.25) is 0 Å². The fourth-order valence-corrected chi connectivity index (χ4v) is 2.69. The Bertz CT molecular complexity index is 554. The molecule has 1 N–H and O–H groups in total. The second-order valence-electron chi connectivity index (χ2n) is 5.78. The van der Waals surface area contributed by atoms with E-state index in [2.05, 4.69) is 5.32 Å². The molecule has 0 aromatic heterocycles. The van der Waals surface area contributed by atoms with Crippen molar-refractivity contribution in [3.8, 4) is 5.75 Å². The minimum absolute atomic E-state index is 0.0696. The van der Waals surface area contributed by atoms with E-state index >= 15 is 0 Å². The normalized spacial score (nSPS) is 21.1. The number of methoxy groups -OCH3 is 1. The molecule has 5 nitrogen and oxygen atoms in total. The number of hydrogen-bond donors (Lipinski definition) is 1. The topological polar surface area (TPSA) is 58.6 Å². The Labute approximate surface area is 125 Å². The van der Waals surface area contributed by atoms with E-state index in [1.165, 1.54) is 0 Å². The molecule has 1 aliphatic heterocycles. The lowest BCUT2D eigenvalue weighted by atomic mass is 9.95. The van der Waals surface area contributed by atoms with Crippen molar-refractivity contribution in [3.63, 3.8) is 0 Å². The van der Waals surface area contributed by atoms with Gasteiger partial charge in [0, 0.05) is 5.56 Å². The van der Waals surface area contributed by atoms with E-state index in [0.29, 0.717) is 13.0 Å². The van der Waals surface area contributed by atoms with Crippen LogP contribution in [0.25, 0.3) is 0 Å². The summed E-state index contributed by atoms with van der Waals surface area (Å²) in [5.74, 6) is 0.556. The van der Waals surface area contributed by atoms with Crippen LogP contribution >= 0.6 is 0 Å². The van der Waals surface area contributed by atoms with Crippen molar-refractivity contribution in [2.24, 2.45) is 0 Å². The minimum Gasteiger partial charge on any atom is -0.496 e. The van der Waals surface area contributed by atoms with Gasteiger partial charge in [0.05, 0.1) is 13.7 Å². The number of para-hydroxylation sites is 1. The maximum absolute atomic E-state index is 12.6. The molecule has 1 atom stereocenters. The zero-order valence-corrected chi connectivity index (χ0v) is 13.0. The van der Waals surface area contributed by atoms with Crippen LogP contribution in [0, 0.1) is 0 Å². The smallest absolute Gasteiger partial charge is 0.248 e. The van der Waals surface area contributed by atoms with Crippen molar-refractivity contribution in [1.29, 1.82) is 0 Å². The van der Waals surface area contributed by atoms with Gasteiger partial charge < -0.3 is 15.0 Å². The number of rotatable bonds is 4. The van der Waals surface area contributed by atoms with Crippen molar-refractivity contribution < 1.29 is 14.3 Å². The fraction of sp³-hybridized carbons (Fsp3) is 0.500. The molecular formula is C16H22N2O3. The second kappa shape index (κ2) is 5.76. The van der Waals surface area contributed by atoms with Crippen molar-refractivity contribution in [1.82, 2.24) is 10.2 Å². The summed E-state index contributed by atoms with van der Waals surface area (Å²) in [5, 5.41) is 2.79. The van der Waals surface area contributed by atoms with Gasteiger partial charge in [0.1, 0.15) is 17.3 Å². The number of amides is 2. The van der Waals surface area contributed by atoms with E-state index in [0.717, 1.165) is 11.3 Å². The highest BCUT2D eigenvalue weighted by atomic mass is 16.5. The fourth-order valence-electron chi connectivity index (χ4n) is 2.69. The molecule has 1 aliphatic rings. The number of ether oxygens (including phenoxy) is 1. The van der Waals surface area contributed by atoms with Crippen LogP contribution in [0.15, 0.2) is 24.3 Å². The highest BCUT2D eigenvalue weighted by Crippen LogP contribution is 2.25. The number of carbonyl (C=O) groups excluding carboxylic acids is 2. The van der Waals surface area contributed by atoms with E-state index in [-0.39, 0.29) is 11.8 Å². The summed E-state index contributed by atoms with van der Waals surface area (Å²) in [7, 11) is 1.60. The number of benzene rings is 1. The predicted octanol–water partition coefficient (Wildman–Crippen LogP) is 1.71. The summed E-state index contributed by atoms with van der Waals surface area (Å²) in [4.78, 5) is 26.5. The van der Waals surface area contributed by atoms with Crippen LogP contribution in [0.4, 0.5) is 0 Å². The molecule has 2 amide bonds. The molecule has 0 radical (unpaired) electrons. The summed E-state index contributed by atoms with van der Waals surface area (Å²) >= 11 is 0. The zero-order valence-electron chi connectivity index (χ0n) is 13.0. The third kappa shape index (κ3) is 2.86. The Balaban J connectivity index is 2.34. The molecule has 1 aromatic rings. The SMILES string of the molecule is CCC1C(=O)NC(C)(C)C(=O)N1Cc1ccccc1OC. The van der Waals surface area contributed by atoms with E-state index in [1.807, 2.05) is 31.2 Å². The number of piperazine rings is 1. The maximum atomic E-state index is 12.6. The van der Waals surface area contributed by atoms with Gasteiger partial charge in [-0.3, -0.25) is 9.59 Å². The highest BCUT2D eigenvalue weighted by molar-refractivity contribution is 5.99. The summed E-state index contributed by atoms with van der Waals surface area (Å²) in [6, 6.07) is 7.12. The van der Waals surface area contributed by atoms with Gasteiger partial charge in [0.25, 0.3) is 0 Å². The van der Waals surface area contributed by atoms with Gasteiger partial charge in [-0.15, -0.1) is 0 Å². The number of nitrogens with zero attached hydrogens (tertiary/aromatic N) is 1. The molecule has 5 heteroatoms. The van der Waals surface area contributed by atoms with Gasteiger partial charge in [0.15, 0.2) is 0 Å². The molecule has 1 fully saturated rings. The van der Waals surface area contributed by atoms with E-state index in [4.69, 9.17) is 4.74 Å². The Morgan fingerprint density at radius 3 is 2.57 bits per heavy atom. The first-order chi connectivity index (χ1) is 9.90. The van der Waals surface area contributed by atoms with Crippen molar-refractivity contribution >= 4 is 11.8 Å². The molecule has 1 heterocycles. The third-order valence-corrected chi connectivity index (χ3v) is 3.83. The van der Waals surface area contributed by atoms with Crippen LogP contribution < -0.4 is 10.1 Å². The number of carbonyl (C=O) groups is 2. The molecule has 1 saturated heterocycles. The lowest BCUT2D eigenvalue weighted by molar-refractivity contribution is -0.154. The van der Waals surface area contributed by atoms with Crippen LogP contribution in [0.3, 0.4) is 0 Å². The lowest BCUT2D eigenvalue weighted by Gasteiger charge is -2.42. The molecule has 21 heavy (non-hydrogen) atoms. The van der Waals surface area contributed by atoms with Gasteiger partial charge in [-0.05, 0) is 26.3 Å². The van der Waals surface area contributed by atoms with Crippen LogP contribution in [0.5, 0.6) is 5.75 Å². The Hall–Kier alpha value is -2.04. The molecule has 1 aromatic carbocycles. The first-order valence-electron chi connectivity index (χ1n) is 7.15. The molecule has 0 bridgehead atoms. The zero-order chi connectivity index (χ0) is 15.6. The summed E-state index contributed by atoms with van der Waals surface area (Å²) < 4.78 is 5.33. The lowest BCUT2D eigenvalue weighted by Crippen LogP contribution is -2.67. The number of hydrogen-bond acceptors (Lipinski definition) is 3. The predicted molar refractivity (Wildman–Crippen MR) is 79.8 cm³/mol. The average Bonchev–Trinajstić information content (AvgIpc) is 2.45. The van der Waals surface area contributed by atoms with E-state index < -0.39 is 11.6 Å². The van der Waals surface area contributed by atoms with Crippen LogP contribution in [-0.2, 0) is 16.1 Å². The second-order valence-corrected chi connectivity index (χ2v) is 5.78. The quantitative estimate of drug-likeness (QED) is 0.918. The van der Waals surface area contributed by atoms with Crippen LogP contribution in [0.1, 0.15) is 32.8 Å². The van der Waals surface area contributed by atoms with Gasteiger partial charge in [0.2, 0.25) is 11.8 Å². The Morgan fingerprint density at radius 1 is 1.29 bits per heavy atom. The van der Waals surface area contributed by atoms with Crippen LogP contribution in [-0.4, -0.2) is 35.4 Å². The highest BCUT2D eigenvalue weighted by Gasteiger charge is 2.44. The molecule has 1 unspecified atom stereocenters. The van der Waals surface area contributed by atoms with Gasteiger partial charge in [-0.1, -0.05) is 25.1 Å². The first-order valence-corrected chi connectivity index (χ1v) is 7.15. The largest absolute Gasteiger partial charge is 0.496 e. The summed E-state index contributed by atoms with van der Waals surface area (Å²) in [6.07, 6.45) is 0.586. The molecule has 0 aliphatic carbocycles. The monoisotopic (exact) mass is 290 g/mol. The first kappa shape index (κ1) is 15.4. The maximum Gasteiger partial charge on any atom is 0.248 e. The van der Waals surface area contributed by atoms with E-state index in [9.17, 15) is 9.59 Å². The van der Waals surface area contributed by atoms with Crippen molar-refractivity contribution in [3.05, 3.63) is 29.8 Å². The third-order valence-electron chi connectivity index (χ3n) is 3.83. The van der Waals surface area contributed by atoms with E-state index in [1.54, 1.807) is 25.9 Å². The van der Waals surface area contributed by atoms with Gasteiger partial charge in [-0.2, -0.15) is 0 Å². The Kier molecular flexibility index (Phi) is 4.21. The molecule has 2 rings (SSSR count).